The van der Waals surface area contributed by atoms with E-state index >= 15 is 0 Å². The number of hydrogen-bond acceptors (Lipinski definition) is 3. The molecule has 0 spiro atoms. The highest BCUT2D eigenvalue weighted by molar-refractivity contribution is 7.71. The molecule has 3 N–H and O–H groups in total. The first kappa shape index (κ1) is 10.1. The molecule has 15 heavy (non-hydrogen) atoms. The molecule has 2 rings (SSSR count). The van der Waals surface area contributed by atoms with E-state index in [0.717, 1.165) is 23.7 Å². The Bertz CT molecular complexity index is 545. The van der Waals surface area contributed by atoms with Crippen molar-refractivity contribution < 1.29 is 0 Å². The molecule has 2 aromatic rings. The molecule has 1 heterocycles. The molecule has 4 heteroatoms. The van der Waals surface area contributed by atoms with Gasteiger partial charge in [-0.2, -0.15) is 0 Å². The first-order valence-corrected chi connectivity index (χ1v) is 5.40. The molecule has 0 fully saturated rings. The van der Waals surface area contributed by atoms with Crippen molar-refractivity contribution in [1.29, 1.82) is 0 Å². The van der Waals surface area contributed by atoms with E-state index in [1.54, 1.807) is 0 Å². The number of anilines is 1. The second kappa shape index (κ2) is 3.98. The molecule has 0 aliphatic rings. The van der Waals surface area contributed by atoms with Crippen molar-refractivity contribution in [1.82, 2.24) is 9.97 Å². The van der Waals surface area contributed by atoms with Gasteiger partial charge in [0.2, 0.25) is 0 Å². The smallest absolute Gasteiger partial charge is 0.199 e. The van der Waals surface area contributed by atoms with Crippen LogP contribution in [-0.2, 0) is 6.42 Å². The van der Waals surface area contributed by atoms with Crippen molar-refractivity contribution in [2.45, 2.75) is 19.8 Å². The number of H-pyrrole nitrogens is 1. The molecule has 78 valence electrons. The number of nitrogens with two attached hydrogens (primary N) is 1. The highest BCUT2D eigenvalue weighted by Crippen LogP contribution is 2.22. The monoisotopic (exact) mass is 219 g/mol. The van der Waals surface area contributed by atoms with Gasteiger partial charge in [-0.3, -0.25) is 0 Å². The lowest BCUT2D eigenvalue weighted by atomic mass is 10.0. The van der Waals surface area contributed by atoms with Crippen LogP contribution < -0.4 is 5.73 Å². The second-order valence-electron chi connectivity index (χ2n) is 3.52. The number of aryl methyl sites for hydroxylation is 1. The van der Waals surface area contributed by atoms with E-state index in [0.29, 0.717) is 10.6 Å². The summed E-state index contributed by atoms with van der Waals surface area (Å²) in [6, 6.07) is 6.07. The van der Waals surface area contributed by atoms with Crippen molar-refractivity contribution in [3.8, 4) is 0 Å². The van der Waals surface area contributed by atoms with Gasteiger partial charge in [0.15, 0.2) is 4.77 Å². The Kier molecular flexibility index (Phi) is 2.68. The Morgan fingerprint density at radius 2 is 2.27 bits per heavy atom. The molecule has 0 atom stereocenters. The Morgan fingerprint density at radius 1 is 1.47 bits per heavy atom. The zero-order valence-electron chi connectivity index (χ0n) is 8.58. The van der Waals surface area contributed by atoms with Gasteiger partial charge in [0, 0.05) is 5.39 Å². The number of fused-ring (bicyclic) bond motifs is 1. The molecule has 0 radical (unpaired) electrons. The zero-order chi connectivity index (χ0) is 10.8. The molecule has 0 unspecified atom stereocenters. The topological polar surface area (TPSA) is 54.7 Å². The van der Waals surface area contributed by atoms with E-state index in [9.17, 15) is 0 Å². The van der Waals surface area contributed by atoms with E-state index in [4.69, 9.17) is 18.0 Å². The van der Waals surface area contributed by atoms with E-state index < -0.39 is 0 Å². The molecule has 0 saturated heterocycles. The molecular formula is C11H13N3S. The first-order chi connectivity index (χ1) is 7.22. The molecule has 0 bridgehead atoms. The van der Waals surface area contributed by atoms with Crippen molar-refractivity contribution in [3.05, 3.63) is 28.5 Å². The summed E-state index contributed by atoms with van der Waals surface area (Å²) in [5.41, 5.74) is 8.09. The molecule has 0 amide bonds. The number of nitrogens with zero attached hydrogens (tertiary/aromatic N) is 1. The van der Waals surface area contributed by atoms with Gasteiger partial charge in [-0.1, -0.05) is 25.5 Å². The third kappa shape index (κ3) is 1.85. The lowest BCUT2D eigenvalue weighted by molar-refractivity contribution is 0.928. The molecule has 3 nitrogen and oxygen atoms in total. The Morgan fingerprint density at radius 3 is 3.00 bits per heavy atom. The van der Waals surface area contributed by atoms with E-state index in [-0.39, 0.29) is 0 Å². The van der Waals surface area contributed by atoms with Crippen molar-refractivity contribution in [2.75, 3.05) is 5.73 Å². The molecular weight excluding hydrogens is 206 g/mol. The summed E-state index contributed by atoms with van der Waals surface area (Å²) in [6.07, 6.45) is 2.10. The summed E-state index contributed by atoms with van der Waals surface area (Å²) >= 11 is 4.99. The lowest BCUT2D eigenvalue weighted by Crippen LogP contribution is -1.98. The Labute approximate surface area is 93.3 Å². The maximum absolute atomic E-state index is 5.89. The van der Waals surface area contributed by atoms with Gasteiger partial charge in [0.25, 0.3) is 0 Å². The van der Waals surface area contributed by atoms with Crippen molar-refractivity contribution in [3.63, 3.8) is 0 Å². The third-order valence-corrected chi connectivity index (χ3v) is 2.58. The number of nitrogens with one attached hydrogen (secondary N) is 1. The minimum absolute atomic E-state index is 0.439. The van der Waals surface area contributed by atoms with Crippen molar-refractivity contribution in [2.24, 2.45) is 0 Å². The van der Waals surface area contributed by atoms with Crippen LogP contribution in [-0.4, -0.2) is 9.97 Å². The van der Waals surface area contributed by atoms with Gasteiger partial charge < -0.3 is 10.7 Å². The summed E-state index contributed by atoms with van der Waals surface area (Å²) in [5.74, 6) is 0.526. The number of hydrogen-bond donors (Lipinski definition) is 2. The maximum atomic E-state index is 5.89. The van der Waals surface area contributed by atoms with Crippen LogP contribution >= 0.6 is 12.2 Å². The second-order valence-corrected chi connectivity index (χ2v) is 3.90. The number of rotatable bonds is 2. The quantitative estimate of drug-likeness (QED) is 0.764. The summed E-state index contributed by atoms with van der Waals surface area (Å²) in [4.78, 5) is 7.13. The van der Waals surface area contributed by atoms with E-state index in [2.05, 4.69) is 23.0 Å². The highest BCUT2D eigenvalue weighted by Gasteiger charge is 2.05. The highest BCUT2D eigenvalue weighted by atomic mass is 32.1. The minimum atomic E-state index is 0.439. The van der Waals surface area contributed by atoms with Crippen LogP contribution in [0, 0.1) is 4.77 Å². The van der Waals surface area contributed by atoms with Gasteiger partial charge >= 0.3 is 0 Å². The van der Waals surface area contributed by atoms with E-state index in [1.165, 1.54) is 5.56 Å². The van der Waals surface area contributed by atoms with Crippen LogP contribution in [0.2, 0.25) is 0 Å². The van der Waals surface area contributed by atoms with Crippen molar-refractivity contribution >= 4 is 28.9 Å². The molecule has 0 aliphatic carbocycles. The largest absolute Gasteiger partial charge is 0.383 e. The summed E-state index contributed by atoms with van der Waals surface area (Å²) in [6.45, 7) is 2.15. The number of benzene rings is 1. The number of aromatic amines is 1. The summed E-state index contributed by atoms with van der Waals surface area (Å²) in [5, 5.41) is 1.01. The SMILES string of the molecule is CCCc1cccc2[nH]c(=S)nc(N)c12. The Hall–Kier alpha value is -1.42. The fraction of sp³-hybridized carbons (Fsp3) is 0.273. The van der Waals surface area contributed by atoms with E-state index in [1.807, 2.05) is 12.1 Å². The van der Waals surface area contributed by atoms with Gasteiger partial charge in [-0.25, -0.2) is 4.98 Å². The third-order valence-electron chi connectivity index (χ3n) is 2.39. The summed E-state index contributed by atoms with van der Waals surface area (Å²) in [7, 11) is 0. The van der Waals surface area contributed by atoms with Crippen LogP contribution in [0.15, 0.2) is 18.2 Å². The van der Waals surface area contributed by atoms with Gasteiger partial charge in [0.1, 0.15) is 5.82 Å². The summed E-state index contributed by atoms with van der Waals surface area (Å²) < 4.78 is 0.439. The average molecular weight is 219 g/mol. The van der Waals surface area contributed by atoms with Crippen LogP contribution in [0.3, 0.4) is 0 Å². The zero-order valence-corrected chi connectivity index (χ0v) is 9.40. The van der Waals surface area contributed by atoms with Gasteiger partial charge in [0.05, 0.1) is 5.52 Å². The number of nitrogen functional groups attached to an aromatic ring is 1. The van der Waals surface area contributed by atoms with Crippen LogP contribution in [0.25, 0.3) is 10.9 Å². The van der Waals surface area contributed by atoms with Gasteiger partial charge in [-0.05, 0) is 30.3 Å². The van der Waals surface area contributed by atoms with Crippen LogP contribution in [0.1, 0.15) is 18.9 Å². The molecule has 1 aromatic carbocycles. The minimum Gasteiger partial charge on any atom is -0.383 e. The van der Waals surface area contributed by atoms with Crippen LogP contribution in [0.4, 0.5) is 5.82 Å². The lowest BCUT2D eigenvalue weighted by Gasteiger charge is -2.07. The predicted molar refractivity (Wildman–Crippen MR) is 65.3 cm³/mol. The molecule has 1 aromatic heterocycles. The maximum Gasteiger partial charge on any atom is 0.199 e. The normalized spacial score (nSPS) is 10.7. The van der Waals surface area contributed by atoms with Gasteiger partial charge in [-0.15, -0.1) is 0 Å². The molecule has 0 saturated carbocycles. The Balaban J connectivity index is 2.79. The first-order valence-electron chi connectivity index (χ1n) is 4.99. The fourth-order valence-corrected chi connectivity index (χ4v) is 2.00. The number of aromatic nitrogens is 2. The van der Waals surface area contributed by atoms with Crippen LogP contribution in [0.5, 0.6) is 0 Å². The standard InChI is InChI=1S/C11H13N3S/c1-2-4-7-5-3-6-8-9(7)10(12)14-11(15)13-8/h3,5-6H,2,4H2,1H3,(H3,12,13,14,15). The fourth-order valence-electron chi connectivity index (χ4n) is 1.79. The molecule has 0 aliphatic heterocycles. The average Bonchev–Trinajstić information content (AvgIpc) is 2.17. The predicted octanol–water partition coefficient (Wildman–Crippen LogP) is 2.83.